The van der Waals surface area contributed by atoms with Gasteiger partial charge in [0.05, 0.1) is 11.4 Å². The van der Waals surface area contributed by atoms with Crippen molar-refractivity contribution in [1.29, 1.82) is 0 Å². The Kier molecular flexibility index (Phi) is 7.30. The van der Waals surface area contributed by atoms with Crippen molar-refractivity contribution in [2.45, 2.75) is 45.4 Å². The largest absolute Gasteiger partial charge is 0.342 e. The number of aromatic nitrogens is 2. The van der Waals surface area contributed by atoms with Crippen molar-refractivity contribution in [2.75, 3.05) is 26.2 Å². The second-order valence-electron chi connectivity index (χ2n) is 8.71. The summed E-state index contributed by atoms with van der Waals surface area (Å²) in [5, 5.41) is 5.00. The summed E-state index contributed by atoms with van der Waals surface area (Å²) < 4.78 is 1.68. The van der Waals surface area contributed by atoms with E-state index in [0.29, 0.717) is 18.2 Å². The highest BCUT2D eigenvalue weighted by atomic mass is 35.5. The van der Waals surface area contributed by atoms with Crippen LogP contribution in [0.2, 0.25) is 5.15 Å². The monoisotopic (exact) mass is 454 g/mol. The third kappa shape index (κ3) is 5.07. The molecule has 0 spiro atoms. The van der Waals surface area contributed by atoms with Crippen LogP contribution in [0.1, 0.15) is 49.8 Å². The van der Waals surface area contributed by atoms with E-state index in [4.69, 9.17) is 11.6 Å². The Morgan fingerprint density at radius 3 is 2.28 bits per heavy atom. The van der Waals surface area contributed by atoms with Crippen LogP contribution in [0.15, 0.2) is 36.4 Å². The zero-order valence-electron chi connectivity index (χ0n) is 18.7. The van der Waals surface area contributed by atoms with E-state index in [1.54, 1.807) is 16.8 Å². The Balaban J connectivity index is 1.35. The van der Waals surface area contributed by atoms with Gasteiger partial charge in [0.25, 0.3) is 0 Å². The topological polar surface area (TPSA) is 58.4 Å². The molecule has 2 aromatic rings. The van der Waals surface area contributed by atoms with Gasteiger partial charge in [-0.15, -0.1) is 0 Å². The Labute approximate surface area is 194 Å². The lowest BCUT2D eigenvalue weighted by atomic mass is 9.95. The standard InChI is InChI=1S/C25H31ClN4O2/c1-19-22(24(26)30(27-19)21-9-5-4-6-10-21)11-12-23(31)28-17-13-20(14-18-28)25(32)29-15-7-2-3-8-16-29/h4-6,9-12,20H,2-3,7-8,13-18H2,1H3. The molecule has 2 saturated heterocycles. The summed E-state index contributed by atoms with van der Waals surface area (Å²) >= 11 is 6.55. The molecule has 1 aromatic carbocycles. The molecule has 32 heavy (non-hydrogen) atoms. The summed E-state index contributed by atoms with van der Waals surface area (Å²) in [6, 6.07) is 9.69. The maximum absolute atomic E-state index is 12.9. The molecule has 0 atom stereocenters. The molecule has 0 aliphatic carbocycles. The van der Waals surface area contributed by atoms with Gasteiger partial charge in [0.1, 0.15) is 5.15 Å². The van der Waals surface area contributed by atoms with Crippen LogP contribution in [0.5, 0.6) is 0 Å². The number of aryl methyl sites for hydroxylation is 1. The summed E-state index contributed by atoms with van der Waals surface area (Å²) in [7, 11) is 0. The zero-order chi connectivity index (χ0) is 22.5. The average molecular weight is 455 g/mol. The van der Waals surface area contributed by atoms with E-state index in [2.05, 4.69) is 5.10 Å². The minimum atomic E-state index is -0.0476. The number of nitrogens with zero attached hydrogens (tertiary/aromatic N) is 4. The molecule has 2 aliphatic rings. The van der Waals surface area contributed by atoms with Gasteiger partial charge >= 0.3 is 0 Å². The molecule has 0 unspecified atom stereocenters. The van der Waals surface area contributed by atoms with Gasteiger partial charge in [-0.2, -0.15) is 5.10 Å². The number of hydrogen-bond acceptors (Lipinski definition) is 3. The predicted octanol–water partition coefficient (Wildman–Crippen LogP) is 4.49. The van der Waals surface area contributed by atoms with Gasteiger partial charge in [0.15, 0.2) is 0 Å². The average Bonchev–Trinajstić information content (AvgIpc) is 3.00. The van der Waals surface area contributed by atoms with Crippen molar-refractivity contribution in [3.8, 4) is 5.69 Å². The summed E-state index contributed by atoms with van der Waals surface area (Å²) in [6.07, 6.45) is 9.45. The zero-order valence-corrected chi connectivity index (χ0v) is 19.4. The summed E-state index contributed by atoms with van der Waals surface area (Å²) in [6.45, 7) is 4.89. The Hall–Kier alpha value is -2.60. The first-order valence-corrected chi connectivity index (χ1v) is 12.0. The fraction of sp³-hybridized carbons (Fsp3) is 0.480. The first kappa shape index (κ1) is 22.6. The van der Waals surface area contributed by atoms with E-state index in [0.717, 1.165) is 55.7 Å². The number of rotatable bonds is 4. The van der Waals surface area contributed by atoms with Crippen molar-refractivity contribution in [3.05, 3.63) is 52.8 Å². The number of para-hydroxylation sites is 1. The number of likely N-dealkylation sites (tertiary alicyclic amines) is 2. The van der Waals surface area contributed by atoms with Gasteiger partial charge in [0.2, 0.25) is 11.8 Å². The molecule has 2 aliphatic heterocycles. The van der Waals surface area contributed by atoms with Gasteiger partial charge in [-0.25, -0.2) is 4.68 Å². The Morgan fingerprint density at radius 2 is 1.62 bits per heavy atom. The van der Waals surface area contributed by atoms with Crippen molar-refractivity contribution in [3.63, 3.8) is 0 Å². The fourth-order valence-corrected chi connectivity index (χ4v) is 4.93. The molecule has 0 bridgehead atoms. The normalized spacial score (nSPS) is 18.2. The Bertz CT molecular complexity index is 969. The van der Waals surface area contributed by atoms with E-state index in [1.807, 2.05) is 47.1 Å². The van der Waals surface area contributed by atoms with Gasteiger partial charge in [-0.1, -0.05) is 42.6 Å². The summed E-state index contributed by atoms with van der Waals surface area (Å²) in [5.74, 6) is 0.279. The number of benzene rings is 1. The van der Waals surface area contributed by atoms with Crippen LogP contribution >= 0.6 is 11.6 Å². The van der Waals surface area contributed by atoms with E-state index in [9.17, 15) is 9.59 Å². The maximum Gasteiger partial charge on any atom is 0.246 e. The molecule has 1 aromatic heterocycles. The molecule has 0 N–H and O–H groups in total. The summed E-state index contributed by atoms with van der Waals surface area (Å²) in [4.78, 5) is 29.5. The number of carbonyl (C=O) groups excluding carboxylic acids is 2. The van der Waals surface area contributed by atoms with Gasteiger partial charge < -0.3 is 9.80 Å². The molecule has 4 rings (SSSR count). The van der Waals surface area contributed by atoms with Gasteiger partial charge in [-0.05, 0) is 50.8 Å². The van der Waals surface area contributed by atoms with Gasteiger partial charge in [0, 0.05) is 43.7 Å². The second-order valence-corrected chi connectivity index (χ2v) is 9.07. The molecule has 2 fully saturated rings. The maximum atomic E-state index is 12.9. The molecule has 3 heterocycles. The lowest BCUT2D eigenvalue weighted by Crippen LogP contribution is -2.44. The van der Waals surface area contributed by atoms with Crippen LogP contribution in [0, 0.1) is 12.8 Å². The SMILES string of the molecule is Cc1nn(-c2ccccc2)c(Cl)c1C=CC(=O)N1CCC(C(=O)N2CCCCCC2)CC1. The molecular formula is C25H31ClN4O2. The second kappa shape index (κ2) is 10.3. The van der Waals surface area contributed by atoms with E-state index < -0.39 is 0 Å². The number of hydrogen-bond donors (Lipinski definition) is 0. The highest BCUT2D eigenvalue weighted by Crippen LogP contribution is 2.26. The highest BCUT2D eigenvalue weighted by Gasteiger charge is 2.30. The number of carbonyl (C=O) groups is 2. The Morgan fingerprint density at radius 1 is 0.969 bits per heavy atom. The third-order valence-corrected chi connectivity index (χ3v) is 6.88. The lowest BCUT2D eigenvalue weighted by Gasteiger charge is -2.33. The first-order valence-electron chi connectivity index (χ1n) is 11.6. The number of amides is 2. The van der Waals surface area contributed by atoms with Gasteiger partial charge in [-0.3, -0.25) is 9.59 Å². The highest BCUT2D eigenvalue weighted by molar-refractivity contribution is 6.31. The fourth-order valence-electron chi connectivity index (χ4n) is 4.60. The first-order chi connectivity index (χ1) is 15.5. The molecule has 2 amide bonds. The van der Waals surface area contributed by atoms with Crippen molar-refractivity contribution in [1.82, 2.24) is 19.6 Å². The van der Waals surface area contributed by atoms with Crippen molar-refractivity contribution < 1.29 is 9.59 Å². The van der Waals surface area contributed by atoms with E-state index in [-0.39, 0.29) is 17.7 Å². The van der Waals surface area contributed by atoms with Crippen LogP contribution in [-0.2, 0) is 9.59 Å². The van der Waals surface area contributed by atoms with E-state index >= 15 is 0 Å². The van der Waals surface area contributed by atoms with Crippen LogP contribution in [0.3, 0.4) is 0 Å². The van der Waals surface area contributed by atoms with E-state index in [1.165, 1.54) is 12.8 Å². The lowest BCUT2D eigenvalue weighted by molar-refractivity contribution is -0.139. The van der Waals surface area contributed by atoms with Crippen LogP contribution < -0.4 is 0 Å². The van der Waals surface area contributed by atoms with Crippen molar-refractivity contribution >= 4 is 29.5 Å². The minimum absolute atomic E-state index is 0.0434. The quantitative estimate of drug-likeness (QED) is 0.639. The number of piperidine rings is 1. The smallest absolute Gasteiger partial charge is 0.246 e. The third-order valence-electron chi connectivity index (χ3n) is 6.51. The minimum Gasteiger partial charge on any atom is -0.342 e. The molecule has 7 heteroatoms. The number of halogens is 1. The van der Waals surface area contributed by atoms with Crippen LogP contribution in [0.25, 0.3) is 11.8 Å². The predicted molar refractivity (Wildman–Crippen MR) is 127 cm³/mol. The molecule has 170 valence electrons. The van der Waals surface area contributed by atoms with Crippen molar-refractivity contribution in [2.24, 2.45) is 5.92 Å². The van der Waals surface area contributed by atoms with Crippen LogP contribution in [-0.4, -0.2) is 57.6 Å². The van der Waals surface area contributed by atoms with Crippen LogP contribution in [0.4, 0.5) is 0 Å². The molecule has 0 radical (unpaired) electrons. The molecular weight excluding hydrogens is 424 g/mol. The summed E-state index contributed by atoms with van der Waals surface area (Å²) in [5.41, 5.74) is 2.39. The molecule has 6 nitrogen and oxygen atoms in total. The molecule has 0 saturated carbocycles.